The molecule has 0 spiro atoms. The molecule has 1 aromatic carbocycles. The van der Waals surface area contributed by atoms with Crippen LogP contribution >= 0.6 is 11.6 Å². The summed E-state index contributed by atoms with van der Waals surface area (Å²) < 4.78 is 28.4. The number of nitrogen functional groups attached to an aromatic ring is 1. The maximum Gasteiger partial charge on any atom is 0.165 e. The largest absolute Gasteiger partial charge is 0.381 e. The van der Waals surface area contributed by atoms with Gasteiger partial charge in [-0.2, -0.15) is 0 Å². The minimum atomic E-state index is -0.683. The highest BCUT2D eigenvalue weighted by Gasteiger charge is 2.50. The van der Waals surface area contributed by atoms with Crippen LogP contribution in [0.1, 0.15) is 31.9 Å². The van der Waals surface area contributed by atoms with E-state index in [1.165, 1.54) is 18.0 Å². The van der Waals surface area contributed by atoms with Crippen LogP contribution in [-0.4, -0.2) is 37.5 Å². The molecule has 1 saturated heterocycles. The maximum absolute atomic E-state index is 13.7. The summed E-state index contributed by atoms with van der Waals surface area (Å²) in [6.07, 6.45) is 6.90. The number of hydrogen-bond acceptors (Lipinski definition) is 6. The van der Waals surface area contributed by atoms with Gasteiger partial charge in [0.05, 0.1) is 16.9 Å². The van der Waals surface area contributed by atoms with Crippen LogP contribution in [0.15, 0.2) is 54.5 Å². The maximum atomic E-state index is 13.7. The second kappa shape index (κ2) is 7.73. The van der Waals surface area contributed by atoms with Gasteiger partial charge in [-0.3, -0.25) is 0 Å². The zero-order valence-corrected chi connectivity index (χ0v) is 19.5. The molecule has 1 fully saturated rings. The molecule has 3 aromatic heterocycles. The summed E-state index contributed by atoms with van der Waals surface area (Å²) in [5.41, 5.74) is 9.38. The van der Waals surface area contributed by atoms with Crippen LogP contribution in [0.3, 0.4) is 0 Å². The Kier molecular flexibility index (Phi) is 4.88. The summed E-state index contributed by atoms with van der Waals surface area (Å²) in [5, 5.41) is 1.96. The Morgan fingerprint density at radius 1 is 1.15 bits per heavy atom. The fraction of sp³-hybridized carbons (Fsp3) is 0.320. The summed E-state index contributed by atoms with van der Waals surface area (Å²) in [7, 11) is 0. The number of benzene rings is 1. The van der Waals surface area contributed by atoms with Gasteiger partial charge in [-0.25, -0.2) is 19.3 Å². The number of nitrogens with two attached hydrogens (primary N) is 1. The Morgan fingerprint density at radius 3 is 2.85 bits per heavy atom. The van der Waals surface area contributed by atoms with Crippen LogP contribution < -0.4 is 5.73 Å². The SMILES string of the molecule is CC1(C)O[C@@H]2[C@H](O1)C(CCc1ccc3cc(F)c(N)nc3c1)=C[C@H]2n1ccc2c(Cl)ncnc21. The summed E-state index contributed by atoms with van der Waals surface area (Å²) >= 11 is 6.27. The van der Waals surface area contributed by atoms with Crippen molar-refractivity contribution in [1.29, 1.82) is 0 Å². The predicted octanol–water partition coefficient (Wildman–Crippen LogP) is 4.99. The monoisotopic (exact) mass is 479 g/mol. The number of nitrogens with zero attached hydrogens (tertiary/aromatic N) is 4. The average Bonchev–Trinajstić information content (AvgIpc) is 3.45. The first-order valence-corrected chi connectivity index (χ1v) is 11.5. The number of fused-ring (bicyclic) bond motifs is 3. The van der Waals surface area contributed by atoms with Crippen molar-refractivity contribution < 1.29 is 13.9 Å². The van der Waals surface area contributed by atoms with Gasteiger partial charge >= 0.3 is 0 Å². The number of pyridine rings is 1. The number of hydrogen-bond donors (Lipinski definition) is 1. The van der Waals surface area contributed by atoms with E-state index < -0.39 is 11.6 Å². The standard InChI is InChI=1S/C25H23ClFN5O2/c1-25(2)33-20-15(6-4-13-3-5-14-10-17(27)23(28)31-18(14)9-13)11-19(21(20)34-25)32-8-7-16-22(26)29-12-30-24(16)32/h3,5,7-12,19-21H,4,6H2,1-2H3,(H2,28,31)/t19-,20-,21+/m1/s1. The molecule has 0 saturated carbocycles. The molecule has 1 aliphatic carbocycles. The predicted molar refractivity (Wildman–Crippen MR) is 128 cm³/mol. The first-order valence-electron chi connectivity index (χ1n) is 11.2. The first kappa shape index (κ1) is 21.5. The van der Waals surface area contributed by atoms with E-state index in [0.717, 1.165) is 34.8 Å². The average molecular weight is 480 g/mol. The lowest BCUT2D eigenvalue weighted by molar-refractivity contribution is -0.147. The van der Waals surface area contributed by atoms with Gasteiger partial charge in [-0.15, -0.1) is 0 Å². The van der Waals surface area contributed by atoms with Crippen LogP contribution in [0.5, 0.6) is 0 Å². The van der Waals surface area contributed by atoms with Crippen molar-refractivity contribution >= 4 is 39.4 Å². The van der Waals surface area contributed by atoms with Crippen molar-refractivity contribution in [2.45, 2.75) is 50.7 Å². The summed E-state index contributed by atoms with van der Waals surface area (Å²) in [5.74, 6) is -1.27. The van der Waals surface area contributed by atoms with E-state index in [9.17, 15) is 4.39 Å². The van der Waals surface area contributed by atoms with Crippen LogP contribution in [0, 0.1) is 5.82 Å². The van der Waals surface area contributed by atoms with Crippen molar-refractivity contribution in [3.8, 4) is 0 Å². The number of aryl methyl sites for hydroxylation is 1. The van der Waals surface area contributed by atoms with Gasteiger partial charge in [0.25, 0.3) is 0 Å². The molecule has 0 unspecified atom stereocenters. The Balaban J connectivity index is 1.31. The Morgan fingerprint density at radius 2 is 2.00 bits per heavy atom. The molecule has 0 bridgehead atoms. The highest BCUT2D eigenvalue weighted by atomic mass is 35.5. The van der Waals surface area contributed by atoms with Crippen LogP contribution in [0.4, 0.5) is 10.2 Å². The molecule has 174 valence electrons. The second-order valence-electron chi connectivity index (χ2n) is 9.26. The number of rotatable bonds is 4. The van der Waals surface area contributed by atoms with Crippen molar-refractivity contribution in [2.24, 2.45) is 0 Å². The van der Waals surface area contributed by atoms with Gasteiger partial charge in [0.1, 0.15) is 29.3 Å². The Bertz CT molecular complexity index is 1470. The fourth-order valence-electron chi connectivity index (χ4n) is 5.03. The third-order valence-corrected chi connectivity index (χ3v) is 6.86. The molecule has 2 N–H and O–H groups in total. The van der Waals surface area contributed by atoms with Gasteiger partial charge in [0.15, 0.2) is 17.4 Å². The van der Waals surface area contributed by atoms with Gasteiger partial charge < -0.3 is 19.8 Å². The third kappa shape index (κ3) is 3.53. The quantitative estimate of drug-likeness (QED) is 0.328. The molecule has 3 atom stereocenters. The van der Waals surface area contributed by atoms with E-state index in [1.54, 1.807) is 0 Å². The number of anilines is 1. The van der Waals surface area contributed by atoms with E-state index in [1.807, 2.05) is 44.3 Å². The molecule has 34 heavy (non-hydrogen) atoms. The summed E-state index contributed by atoms with van der Waals surface area (Å²) in [6, 6.07) is 9.10. The molecule has 0 amide bonds. The molecule has 2 aliphatic rings. The van der Waals surface area contributed by atoms with E-state index in [2.05, 4.69) is 25.6 Å². The lowest BCUT2D eigenvalue weighted by atomic mass is 10.0. The smallest absolute Gasteiger partial charge is 0.165 e. The minimum Gasteiger partial charge on any atom is -0.381 e. The molecule has 9 heteroatoms. The Hall–Kier alpha value is -3.07. The zero-order chi connectivity index (χ0) is 23.6. The molecule has 1 aliphatic heterocycles. The molecule has 4 heterocycles. The molecular formula is C25H23ClFN5O2. The third-order valence-electron chi connectivity index (χ3n) is 6.56. The van der Waals surface area contributed by atoms with E-state index >= 15 is 0 Å². The molecule has 6 rings (SSSR count). The van der Waals surface area contributed by atoms with E-state index in [4.69, 9.17) is 26.8 Å². The highest BCUT2D eigenvalue weighted by molar-refractivity contribution is 6.33. The summed E-state index contributed by atoms with van der Waals surface area (Å²) in [4.78, 5) is 12.7. The number of ether oxygens (including phenoxy) is 2. The van der Waals surface area contributed by atoms with Gasteiger partial charge in [-0.05, 0) is 56.0 Å². The first-order chi connectivity index (χ1) is 16.3. The number of aromatic nitrogens is 4. The zero-order valence-electron chi connectivity index (χ0n) is 18.7. The molecule has 4 aromatic rings. The summed E-state index contributed by atoms with van der Waals surface area (Å²) in [6.45, 7) is 3.87. The van der Waals surface area contributed by atoms with E-state index in [0.29, 0.717) is 10.7 Å². The van der Waals surface area contributed by atoms with Gasteiger partial charge in [-0.1, -0.05) is 29.8 Å². The number of halogens is 2. The topological polar surface area (TPSA) is 88.1 Å². The van der Waals surface area contributed by atoms with Crippen molar-refractivity contribution in [3.63, 3.8) is 0 Å². The van der Waals surface area contributed by atoms with Crippen LogP contribution in [-0.2, 0) is 15.9 Å². The van der Waals surface area contributed by atoms with Crippen LogP contribution in [0.25, 0.3) is 21.9 Å². The molecular weight excluding hydrogens is 457 g/mol. The lowest BCUT2D eigenvalue weighted by Crippen LogP contribution is -2.27. The van der Waals surface area contributed by atoms with Crippen molar-refractivity contribution in [3.05, 3.63) is 71.0 Å². The van der Waals surface area contributed by atoms with E-state index in [-0.39, 0.29) is 24.1 Å². The van der Waals surface area contributed by atoms with Gasteiger partial charge in [0, 0.05) is 11.6 Å². The Labute approximate surface area is 200 Å². The van der Waals surface area contributed by atoms with Crippen LogP contribution in [0.2, 0.25) is 5.15 Å². The molecule has 0 radical (unpaired) electrons. The lowest BCUT2D eigenvalue weighted by Gasteiger charge is -2.22. The normalized spacial score (nSPS) is 23.5. The van der Waals surface area contributed by atoms with Crippen molar-refractivity contribution in [1.82, 2.24) is 19.5 Å². The molecule has 7 nitrogen and oxygen atoms in total. The van der Waals surface area contributed by atoms with Gasteiger partial charge in [0.2, 0.25) is 0 Å². The highest BCUT2D eigenvalue weighted by Crippen LogP contribution is 2.45. The van der Waals surface area contributed by atoms with Crippen molar-refractivity contribution in [2.75, 3.05) is 5.73 Å². The fourth-order valence-corrected chi connectivity index (χ4v) is 5.22. The minimum absolute atomic E-state index is 0.0775. The second-order valence-corrected chi connectivity index (χ2v) is 9.62.